The van der Waals surface area contributed by atoms with Gasteiger partial charge in [0.05, 0.1) is 18.4 Å². The van der Waals surface area contributed by atoms with Crippen molar-refractivity contribution in [2.24, 2.45) is 0 Å². The predicted molar refractivity (Wildman–Crippen MR) is 135 cm³/mol. The SMILES string of the molecule is CCCOc1ccc(-c2nn(-c3ccccc3)cc2/C=C(\C#N)C(=O)NCC2CCCO2)cc1C. The third-order valence-electron chi connectivity index (χ3n) is 5.85. The minimum absolute atomic E-state index is 0.00621. The van der Waals surface area contributed by atoms with Crippen molar-refractivity contribution >= 4 is 12.0 Å². The Bertz CT molecular complexity index is 1230. The van der Waals surface area contributed by atoms with E-state index in [4.69, 9.17) is 14.6 Å². The van der Waals surface area contributed by atoms with Gasteiger partial charge in [0, 0.05) is 30.5 Å². The first-order valence-corrected chi connectivity index (χ1v) is 12.0. The highest BCUT2D eigenvalue weighted by molar-refractivity contribution is 6.02. The van der Waals surface area contributed by atoms with Crippen LogP contribution in [0, 0.1) is 18.3 Å². The lowest BCUT2D eigenvalue weighted by molar-refractivity contribution is -0.117. The molecule has 1 unspecified atom stereocenters. The second-order valence-corrected chi connectivity index (χ2v) is 8.56. The van der Waals surface area contributed by atoms with Crippen LogP contribution in [0.5, 0.6) is 5.75 Å². The molecule has 2 aromatic carbocycles. The van der Waals surface area contributed by atoms with Gasteiger partial charge < -0.3 is 14.8 Å². The molecule has 1 amide bonds. The lowest BCUT2D eigenvalue weighted by Gasteiger charge is -2.10. The fourth-order valence-electron chi connectivity index (χ4n) is 4.01. The number of para-hydroxylation sites is 1. The molecule has 1 saturated heterocycles. The molecule has 1 aliphatic rings. The van der Waals surface area contributed by atoms with E-state index >= 15 is 0 Å². The number of nitrogens with zero attached hydrogens (tertiary/aromatic N) is 3. The molecule has 1 atom stereocenters. The average Bonchev–Trinajstić information content (AvgIpc) is 3.56. The summed E-state index contributed by atoms with van der Waals surface area (Å²) in [5, 5.41) is 17.4. The van der Waals surface area contributed by atoms with Crippen LogP contribution in [0.3, 0.4) is 0 Å². The Hall–Kier alpha value is -3.89. The van der Waals surface area contributed by atoms with Crippen LogP contribution in [0.4, 0.5) is 0 Å². The number of amides is 1. The number of ether oxygens (including phenoxy) is 2. The van der Waals surface area contributed by atoms with Crippen molar-refractivity contribution < 1.29 is 14.3 Å². The van der Waals surface area contributed by atoms with E-state index in [1.165, 1.54) is 0 Å². The summed E-state index contributed by atoms with van der Waals surface area (Å²) >= 11 is 0. The molecule has 7 heteroatoms. The number of nitrogens with one attached hydrogen (secondary N) is 1. The molecule has 180 valence electrons. The Morgan fingerprint density at radius 2 is 2.14 bits per heavy atom. The fraction of sp³-hybridized carbons (Fsp3) is 0.321. The molecule has 0 radical (unpaired) electrons. The highest BCUT2D eigenvalue weighted by Crippen LogP contribution is 2.30. The molecule has 1 aliphatic heterocycles. The third kappa shape index (κ3) is 5.97. The molecular weight excluding hydrogens is 440 g/mol. The normalized spacial score (nSPS) is 15.6. The van der Waals surface area contributed by atoms with E-state index < -0.39 is 5.91 Å². The topological polar surface area (TPSA) is 89.2 Å². The van der Waals surface area contributed by atoms with E-state index in [-0.39, 0.29) is 11.7 Å². The van der Waals surface area contributed by atoms with Gasteiger partial charge in [-0.05, 0) is 68.2 Å². The van der Waals surface area contributed by atoms with Gasteiger partial charge in [0.1, 0.15) is 23.1 Å². The van der Waals surface area contributed by atoms with Crippen LogP contribution in [-0.4, -0.2) is 41.6 Å². The number of hydrogen-bond acceptors (Lipinski definition) is 5. The molecule has 1 N–H and O–H groups in total. The fourth-order valence-corrected chi connectivity index (χ4v) is 4.01. The van der Waals surface area contributed by atoms with E-state index in [2.05, 4.69) is 12.2 Å². The van der Waals surface area contributed by atoms with Crippen molar-refractivity contribution in [3.8, 4) is 28.8 Å². The van der Waals surface area contributed by atoms with Gasteiger partial charge >= 0.3 is 0 Å². The van der Waals surface area contributed by atoms with E-state index in [1.807, 2.05) is 67.7 Å². The van der Waals surface area contributed by atoms with Gasteiger partial charge in [-0.25, -0.2) is 4.68 Å². The lowest BCUT2D eigenvalue weighted by Crippen LogP contribution is -2.32. The van der Waals surface area contributed by atoms with Crippen LogP contribution >= 0.6 is 0 Å². The monoisotopic (exact) mass is 470 g/mol. The zero-order valence-corrected chi connectivity index (χ0v) is 20.2. The largest absolute Gasteiger partial charge is 0.493 e. The predicted octanol–water partition coefficient (Wildman–Crippen LogP) is 4.84. The molecule has 0 aliphatic carbocycles. The van der Waals surface area contributed by atoms with Crippen LogP contribution in [0.25, 0.3) is 23.0 Å². The maximum absolute atomic E-state index is 12.8. The van der Waals surface area contributed by atoms with Crippen molar-refractivity contribution in [3.63, 3.8) is 0 Å². The number of hydrogen-bond donors (Lipinski definition) is 1. The first-order valence-electron chi connectivity index (χ1n) is 12.0. The van der Waals surface area contributed by atoms with Gasteiger partial charge in [0.2, 0.25) is 0 Å². The Morgan fingerprint density at radius 1 is 1.31 bits per heavy atom. The number of aromatic nitrogens is 2. The molecule has 1 fully saturated rings. The molecule has 7 nitrogen and oxygen atoms in total. The first-order chi connectivity index (χ1) is 17.1. The number of rotatable bonds is 9. The molecule has 0 spiro atoms. The van der Waals surface area contributed by atoms with Crippen molar-refractivity contribution in [1.29, 1.82) is 5.26 Å². The maximum Gasteiger partial charge on any atom is 0.262 e. The van der Waals surface area contributed by atoms with Crippen LogP contribution < -0.4 is 10.1 Å². The molecule has 1 aromatic heterocycles. The van der Waals surface area contributed by atoms with Gasteiger partial charge in [-0.2, -0.15) is 10.4 Å². The summed E-state index contributed by atoms with van der Waals surface area (Å²) in [6, 6.07) is 17.7. The Balaban J connectivity index is 1.68. The Kier molecular flexibility index (Phi) is 7.96. The average molecular weight is 471 g/mol. The Morgan fingerprint density at radius 3 is 2.83 bits per heavy atom. The summed E-state index contributed by atoms with van der Waals surface area (Å²) < 4.78 is 13.2. The number of carbonyl (C=O) groups excluding carboxylic acids is 1. The second-order valence-electron chi connectivity index (χ2n) is 8.56. The van der Waals surface area contributed by atoms with E-state index in [0.29, 0.717) is 31.0 Å². The summed E-state index contributed by atoms with van der Waals surface area (Å²) in [5.41, 5.74) is 4.14. The van der Waals surface area contributed by atoms with Crippen LogP contribution in [-0.2, 0) is 9.53 Å². The highest BCUT2D eigenvalue weighted by Gasteiger charge is 2.19. The quantitative estimate of drug-likeness (QED) is 0.357. The number of carbonyl (C=O) groups is 1. The van der Waals surface area contributed by atoms with E-state index in [1.54, 1.807) is 10.8 Å². The highest BCUT2D eigenvalue weighted by atomic mass is 16.5. The van der Waals surface area contributed by atoms with Crippen LogP contribution in [0.15, 0.2) is 60.3 Å². The summed E-state index contributed by atoms with van der Waals surface area (Å²) in [6.45, 7) is 5.83. The smallest absolute Gasteiger partial charge is 0.262 e. The molecule has 0 saturated carbocycles. The van der Waals surface area contributed by atoms with Crippen molar-refractivity contribution in [1.82, 2.24) is 15.1 Å². The second kappa shape index (κ2) is 11.5. The van der Waals surface area contributed by atoms with Crippen LogP contribution in [0.1, 0.15) is 37.3 Å². The van der Waals surface area contributed by atoms with Gasteiger partial charge in [0.15, 0.2) is 0 Å². The Labute approximate surface area is 206 Å². The molecular formula is C28H30N4O3. The lowest BCUT2D eigenvalue weighted by atomic mass is 10.0. The maximum atomic E-state index is 12.8. The van der Waals surface area contributed by atoms with Gasteiger partial charge in [-0.1, -0.05) is 25.1 Å². The van der Waals surface area contributed by atoms with E-state index in [0.717, 1.165) is 41.8 Å². The minimum atomic E-state index is -0.416. The van der Waals surface area contributed by atoms with Gasteiger partial charge in [0.25, 0.3) is 5.91 Å². The van der Waals surface area contributed by atoms with Crippen molar-refractivity contribution in [3.05, 3.63) is 71.4 Å². The molecule has 3 aromatic rings. The summed E-state index contributed by atoms with van der Waals surface area (Å²) in [4.78, 5) is 12.8. The van der Waals surface area contributed by atoms with Gasteiger partial charge in [-0.3, -0.25) is 4.79 Å². The number of nitriles is 1. The molecule has 2 heterocycles. The minimum Gasteiger partial charge on any atom is -0.493 e. The summed E-state index contributed by atoms with van der Waals surface area (Å²) in [6.07, 6.45) is 6.29. The zero-order valence-electron chi connectivity index (χ0n) is 20.2. The van der Waals surface area contributed by atoms with Gasteiger partial charge in [-0.15, -0.1) is 0 Å². The van der Waals surface area contributed by atoms with E-state index in [9.17, 15) is 10.1 Å². The molecule has 0 bridgehead atoms. The summed E-state index contributed by atoms with van der Waals surface area (Å²) in [5.74, 6) is 0.419. The third-order valence-corrected chi connectivity index (χ3v) is 5.85. The van der Waals surface area contributed by atoms with Crippen LogP contribution in [0.2, 0.25) is 0 Å². The number of benzene rings is 2. The standard InChI is InChI=1S/C28H30N4O3/c1-3-13-35-26-12-11-21(15-20(26)2)27-23(19-32(31-27)24-8-5-4-6-9-24)16-22(17-29)28(33)30-18-25-10-7-14-34-25/h4-6,8-9,11-12,15-16,19,25H,3,7,10,13-14,18H2,1-2H3,(H,30,33)/b22-16+. The summed E-state index contributed by atoms with van der Waals surface area (Å²) in [7, 11) is 0. The zero-order chi connectivity index (χ0) is 24.6. The van der Waals surface area contributed by atoms with Crippen molar-refractivity contribution in [2.75, 3.05) is 19.8 Å². The van der Waals surface area contributed by atoms with Crippen molar-refractivity contribution in [2.45, 2.75) is 39.2 Å². The number of aryl methyl sites for hydroxylation is 1. The molecule has 35 heavy (non-hydrogen) atoms. The first kappa shape index (κ1) is 24.2. The molecule has 4 rings (SSSR count).